The van der Waals surface area contributed by atoms with Gasteiger partial charge in [-0.3, -0.25) is 15.5 Å². The van der Waals surface area contributed by atoms with E-state index in [1.54, 1.807) is 11.1 Å². The zero-order valence-electron chi connectivity index (χ0n) is 15.2. The van der Waals surface area contributed by atoms with Gasteiger partial charge in [-0.05, 0) is 55.4 Å². The summed E-state index contributed by atoms with van der Waals surface area (Å²) in [7, 11) is 0. The van der Waals surface area contributed by atoms with Gasteiger partial charge in [0.2, 0.25) is 11.9 Å². The van der Waals surface area contributed by atoms with E-state index in [1.165, 1.54) is 12.1 Å². The summed E-state index contributed by atoms with van der Waals surface area (Å²) in [6, 6.07) is 8.12. The number of hydrogen-bond donors (Lipinski definition) is 2. The van der Waals surface area contributed by atoms with Gasteiger partial charge in [0.25, 0.3) is 5.69 Å². The lowest BCUT2D eigenvalue weighted by molar-refractivity contribution is -0.384. The van der Waals surface area contributed by atoms with E-state index >= 15 is 0 Å². The molecule has 2 aromatic rings. The van der Waals surface area contributed by atoms with Gasteiger partial charge in [-0.1, -0.05) is 11.6 Å². The number of thiocarbonyl (C=S) groups is 1. The van der Waals surface area contributed by atoms with E-state index in [1.807, 2.05) is 19.1 Å². The standard InChI is InChI=1S/C18H16ClN5O4S/c1-9-4-11-6-15-16(28-8-27-15)7-12(11)17(22-23(9)18(29)21-20)10-2-3-14(24(25)26)13(19)5-10/h2-3,5-7,9H,4,8,20H2,1H3,(H,21,29)/t9-/m1/s1. The molecule has 0 amide bonds. The fourth-order valence-corrected chi connectivity index (χ4v) is 3.84. The van der Waals surface area contributed by atoms with E-state index in [2.05, 4.69) is 5.43 Å². The molecule has 0 aromatic heterocycles. The van der Waals surface area contributed by atoms with Gasteiger partial charge in [0.15, 0.2) is 11.5 Å². The van der Waals surface area contributed by atoms with Gasteiger partial charge in [-0.15, -0.1) is 0 Å². The molecule has 3 N–H and O–H groups in total. The number of nitrogens with one attached hydrogen (secondary N) is 1. The van der Waals surface area contributed by atoms with E-state index < -0.39 is 4.92 Å². The molecule has 150 valence electrons. The maximum Gasteiger partial charge on any atom is 0.287 e. The number of rotatable bonds is 2. The van der Waals surface area contributed by atoms with Crippen molar-refractivity contribution >= 4 is 40.3 Å². The van der Waals surface area contributed by atoms with Gasteiger partial charge in [0.05, 0.1) is 16.7 Å². The lowest BCUT2D eigenvalue weighted by Gasteiger charge is -2.24. The van der Waals surface area contributed by atoms with Crippen molar-refractivity contribution in [3.63, 3.8) is 0 Å². The van der Waals surface area contributed by atoms with E-state index in [-0.39, 0.29) is 28.7 Å². The van der Waals surface area contributed by atoms with E-state index in [4.69, 9.17) is 44.2 Å². The topological polar surface area (TPSA) is 115 Å². The molecule has 0 saturated carbocycles. The van der Waals surface area contributed by atoms with Gasteiger partial charge in [0.1, 0.15) is 5.02 Å². The minimum Gasteiger partial charge on any atom is -0.454 e. The first kappa shape index (κ1) is 19.4. The van der Waals surface area contributed by atoms with Crippen LogP contribution in [0.15, 0.2) is 35.4 Å². The summed E-state index contributed by atoms with van der Waals surface area (Å²) in [6.45, 7) is 2.12. The molecule has 29 heavy (non-hydrogen) atoms. The molecule has 11 heteroatoms. The SMILES string of the molecule is C[C@@H]1Cc2cc3c(cc2C(c2ccc([N+](=O)[O-])c(Cl)c2)=NN1C(=S)NN)OCO3. The van der Waals surface area contributed by atoms with Crippen LogP contribution in [0.3, 0.4) is 0 Å². The van der Waals surface area contributed by atoms with Crippen LogP contribution in [0.4, 0.5) is 5.69 Å². The highest BCUT2D eigenvalue weighted by Gasteiger charge is 2.29. The second-order valence-electron chi connectivity index (χ2n) is 6.58. The molecule has 0 fully saturated rings. The average Bonchev–Trinajstić information content (AvgIpc) is 3.09. The molecule has 1 atom stereocenters. The summed E-state index contributed by atoms with van der Waals surface area (Å²) < 4.78 is 11.0. The van der Waals surface area contributed by atoms with Crippen molar-refractivity contribution in [3.05, 3.63) is 62.2 Å². The summed E-state index contributed by atoms with van der Waals surface area (Å²) in [5.74, 6) is 6.78. The Kier molecular flexibility index (Phi) is 4.99. The number of ether oxygens (including phenoxy) is 2. The first-order chi connectivity index (χ1) is 13.9. The largest absolute Gasteiger partial charge is 0.454 e. The molecule has 2 aliphatic heterocycles. The van der Waals surface area contributed by atoms with Crippen LogP contribution < -0.4 is 20.7 Å². The quantitative estimate of drug-likeness (QED) is 0.321. The molecule has 2 aromatic carbocycles. The minimum atomic E-state index is -0.533. The Morgan fingerprint density at radius 1 is 1.38 bits per heavy atom. The number of nitrogens with zero attached hydrogens (tertiary/aromatic N) is 3. The summed E-state index contributed by atoms with van der Waals surface area (Å²) in [4.78, 5) is 10.6. The number of benzene rings is 2. The molecule has 9 nitrogen and oxygen atoms in total. The molecular formula is C18H16ClN5O4S. The second-order valence-corrected chi connectivity index (χ2v) is 7.38. The number of nitrogens with two attached hydrogens (primary N) is 1. The Balaban J connectivity index is 1.91. The fourth-order valence-electron chi connectivity index (χ4n) is 3.37. The molecular weight excluding hydrogens is 418 g/mol. The molecule has 0 aliphatic carbocycles. The second kappa shape index (κ2) is 7.47. The van der Waals surface area contributed by atoms with Crippen molar-refractivity contribution in [3.8, 4) is 11.5 Å². The molecule has 2 aliphatic rings. The summed E-state index contributed by atoms with van der Waals surface area (Å²) in [5, 5.41) is 17.7. The van der Waals surface area contributed by atoms with Gasteiger partial charge in [-0.25, -0.2) is 10.9 Å². The number of hydrazine groups is 1. The van der Waals surface area contributed by atoms with Crippen LogP contribution in [0, 0.1) is 10.1 Å². The van der Waals surface area contributed by atoms with Crippen LogP contribution in [0.1, 0.15) is 23.6 Å². The van der Waals surface area contributed by atoms with Gasteiger partial charge in [0, 0.05) is 17.2 Å². The van der Waals surface area contributed by atoms with Crippen molar-refractivity contribution in [1.82, 2.24) is 10.4 Å². The number of fused-ring (bicyclic) bond motifs is 2. The average molecular weight is 434 g/mol. The van der Waals surface area contributed by atoms with Gasteiger partial charge in [-0.2, -0.15) is 5.10 Å². The fraction of sp³-hybridized carbons (Fsp3) is 0.222. The van der Waals surface area contributed by atoms with Gasteiger partial charge < -0.3 is 9.47 Å². The smallest absolute Gasteiger partial charge is 0.287 e. The van der Waals surface area contributed by atoms with Crippen molar-refractivity contribution < 1.29 is 14.4 Å². The third kappa shape index (κ3) is 3.46. The van der Waals surface area contributed by atoms with Crippen molar-refractivity contribution in [2.24, 2.45) is 10.9 Å². The monoisotopic (exact) mass is 433 g/mol. The molecule has 4 rings (SSSR count). The Morgan fingerprint density at radius 3 is 2.76 bits per heavy atom. The first-order valence-corrected chi connectivity index (χ1v) is 9.43. The van der Waals surface area contributed by atoms with E-state index in [0.29, 0.717) is 29.2 Å². The maximum atomic E-state index is 11.1. The highest BCUT2D eigenvalue weighted by molar-refractivity contribution is 7.80. The van der Waals surface area contributed by atoms with E-state index in [0.717, 1.165) is 11.1 Å². The van der Waals surface area contributed by atoms with Crippen LogP contribution in [-0.4, -0.2) is 33.6 Å². The summed E-state index contributed by atoms with van der Waals surface area (Å²) in [6.07, 6.45) is 0.613. The van der Waals surface area contributed by atoms with Crippen LogP contribution >= 0.6 is 23.8 Å². The maximum absolute atomic E-state index is 11.1. The van der Waals surface area contributed by atoms with Crippen LogP contribution in [0.25, 0.3) is 0 Å². The molecule has 0 radical (unpaired) electrons. The lowest BCUT2D eigenvalue weighted by atomic mass is 9.94. The minimum absolute atomic E-state index is 0.0147. The highest BCUT2D eigenvalue weighted by Crippen LogP contribution is 2.38. The van der Waals surface area contributed by atoms with E-state index in [9.17, 15) is 10.1 Å². The summed E-state index contributed by atoms with van der Waals surface area (Å²) >= 11 is 11.5. The molecule has 0 saturated heterocycles. The third-order valence-corrected chi connectivity index (χ3v) is 5.35. The molecule has 0 bridgehead atoms. The molecule has 2 heterocycles. The van der Waals surface area contributed by atoms with Crippen molar-refractivity contribution in [2.45, 2.75) is 19.4 Å². The number of nitro benzene ring substituents is 1. The molecule has 0 spiro atoms. The third-order valence-electron chi connectivity index (χ3n) is 4.74. The molecule has 0 unspecified atom stereocenters. The Bertz CT molecular complexity index is 1060. The number of halogens is 1. The van der Waals surface area contributed by atoms with Gasteiger partial charge >= 0.3 is 0 Å². The Labute approximate surface area is 176 Å². The Morgan fingerprint density at radius 2 is 2.10 bits per heavy atom. The zero-order chi connectivity index (χ0) is 20.7. The van der Waals surface area contributed by atoms with Crippen molar-refractivity contribution in [1.29, 1.82) is 0 Å². The summed E-state index contributed by atoms with van der Waals surface area (Å²) in [5.41, 5.74) is 5.18. The van der Waals surface area contributed by atoms with Crippen LogP contribution in [0.2, 0.25) is 5.02 Å². The highest BCUT2D eigenvalue weighted by atomic mass is 35.5. The van der Waals surface area contributed by atoms with Crippen molar-refractivity contribution in [2.75, 3.05) is 6.79 Å². The lowest BCUT2D eigenvalue weighted by Crippen LogP contribution is -2.45. The predicted molar refractivity (Wildman–Crippen MR) is 111 cm³/mol. The first-order valence-electron chi connectivity index (χ1n) is 8.64. The number of hydrogen-bond acceptors (Lipinski definition) is 7. The predicted octanol–water partition coefficient (Wildman–Crippen LogP) is 2.72. The number of nitro groups is 1. The number of hydrazone groups is 1. The zero-order valence-corrected chi connectivity index (χ0v) is 16.8. The Hall–Kier alpha value is -2.95. The van der Waals surface area contributed by atoms with Crippen LogP contribution in [-0.2, 0) is 6.42 Å². The normalized spacial score (nSPS) is 17.3. The van der Waals surface area contributed by atoms with Crippen LogP contribution in [0.5, 0.6) is 11.5 Å².